The average molecular weight is 520 g/mol. The number of aromatic nitrogens is 2. The van der Waals surface area contributed by atoms with Crippen molar-refractivity contribution < 1.29 is 26.4 Å². The van der Waals surface area contributed by atoms with Gasteiger partial charge in [0.05, 0.1) is 28.5 Å². The number of hydrogen-bond donors (Lipinski definition) is 2. The van der Waals surface area contributed by atoms with Crippen LogP contribution < -0.4 is 4.72 Å². The fourth-order valence-corrected chi connectivity index (χ4v) is 4.01. The van der Waals surface area contributed by atoms with Gasteiger partial charge in [-0.2, -0.15) is 0 Å². The van der Waals surface area contributed by atoms with E-state index in [4.69, 9.17) is 11.6 Å². The van der Waals surface area contributed by atoms with Gasteiger partial charge < -0.3 is 0 Å². The minimum Gasteiger partial charge on any atom is -0.288 e. The van der Waals surface area contributed by atoms with Crippen molar-refractivity contribution in [2.45, 2.75) is 12.8 Å². The minimum absolute atomic E-state index is 0.0142. The van der Waals surface area contributed by atoms with E-state index < -0.39 is 39.7 Å². The van der Waals surface area contributed by atoms with Crippen LogP contribution in [0.2, 0.25) is 5.02 Å². The van der Waals surface area contributed by atoms with Crippen LogP contribution in [0.4, 0.5) is 13.2 Å². The van der Waals surface area contributed by atoms with Crippen molar-refractivity contribution in [1.29, 1.82) is 0 Å². The monoisotopic (exact) mass is 519 g/mol. The molecule has 4 rings (SSSR count). The molecule has 6 nitrogen and oxygen atoms in total. The largest absolute Gasteiger partial charge is 0.288 e. The van der Waals surface area contributed by atoms with E-state index in [1.54, 1.807) is 30.5 Å². The van der Waals surface area contributed by atoms with Crippen LogP contribution in [0.25, 0.3) is 22.3 Å². The van der Waals surface area contributed by atoms with Crippen LogP contribution in [0.15, 0.2) is 54.7 Å². The van der Waals surface area contributed by atoms with Gasteiger partial charge in [0, 0.05) is 22.7 Å². The number of ketones is 1. The Morgan fingerprint density at radius 1 is 0.971 bits per heavy atom. The van der Waals surface area contributed by atoms with Gasteiger partial charge >= 0.3 is 0 Å². The molecular weight excluding hydrogens is 503 g/mol. The fraction of sp³-hybridized carbons (Fsp3) is 0.125. The van der Waals surface area contributed by atoms with Gasteiger partial charge in [-0.25, -0.2) is 31.3 Å². The lowest BCUT2D eigenvalue weighted by molar-refractivity contribution is 0.102. The minimum atomic E-state index is -2.83. The highest BCUT2D eigenvalue weighted by Crippen LogP contribution is 2.26. The number of carbonyl (C=O) groups excluding carboxylic acids is 1. The highest BCUT2D eigenvalue weighted by molar-refractivity contribution is 7.70. The number of hydrogen-bond acceptors (Lipinski definition) is 5. The van der Waals surface area contributed by atoms with Crippen molar-refractivity contribution in [3.05, 3.63) is 93.9 Å². The summed E-state index contributed by atoms with van der Waals surface area (Å²) < 4.78 is 67.1. The van der Waals surface area contributed by atoms with Crippen LogP contribution in [0.5, 0.6) is 0 Å². The number of carbonyl (C=O) groups is 1. The van der Waals surface area contributed by atoms with Crippen molar-refractivity contribution in [2.24, 2.45) is 0 Å². The zero-order valence-corrected chi connectivity index (χ0v) is 19.5. The summed E-state index contributed by atoms with van der Waals surface area (Å²) in [5, 5.41) is 0.547. The number of benzene rings is 3. The molecule has 4 aromatic rings. The molecular formula is C24H17ClF3N3O3S. The number of nitrogens with zero attached hydrogens (tertiary/aromatic N) is 2. The summed E-state index contributed by atoms with van der Waals surface area (Å²) in [5.74, 6) is -5.22. The first-order chi connectivity index (χ1) is 16.7. The molecule has 0 aliphatic carbocycles. The van der Waals surface area contributed by atoms with Gasteiger partial charge in [-0.05, 0) is 54.8 Å². The molecule has 0 aliphatic heterocycles. The lowest BCUT2D eigenvalue weighted by Crippen LogP contribution is -2.15. The highest BCUT2D eigenvalue weighted by Gasteiger charge is 2.25. The fourth-order valence-electron chi connectivity index (χ4n) is 3.54. The maximum absolute atomic E-state index is 15.1. The molecule has 1 aromatic heterocycles. The third kappa shape index (κ3) is 5.50. The van der Waals surface area contributed by atoms with Crippen LogP contribution in [-0.2, 0) is 17.3 Å². The van der Waals surface area contributed by atoms with E-state index in [-0.39, 0.29) is 30.5 Å². The second-order valence-corrected chi connectivity index (χ2v) is 8.85. The SMILES string of the molecule is O=C(c1ccc2ncc(-c3ccc(Cl)cc3)nc2c1)c1c(F)c(F)cc(CCCN[SH](=O)=O)c1F. The molecule has 0 amide bonds. The van der Waals surface area contributed by atoms with Gasteiger partial charge in [-0.15, -0.1) is 0 Å². The topological polar surface area (TPSA) is 89.0 Å². The number of rotatable bonds is 8. The standard InChI is InChI=1S/C24H17ClF3N3O3S/c25-16-6-3-13(4-7-16)20-12-29-18-8-5-15(11-19(18)31-20)24(32)21-22(27)14(10-17(26)23(21)28)2-1-9-30-35(33)34/h3-8,10-12,35H,1-2,9H2,(H,30,33,34). The van der Waals surface area contributed by atoms with Crippen molar-refractivity contribution in [2.75, 3.05) is 6.54 Å². The number of halogens is 4. The maximum atomic E-state index is 15.1. The van der Waals surface area contributed by atoms with Gasteiger partial charge in [0.25, 0.3) is 0 Å². The van der Waals surface area contributed by atoms with Crippen molar-refractivity contribution >= 4 is 39.3 Å². The van der Waals surface area contributed by atoms with Crippen LogP contribution in [0.1, 0.15) is 27.9 Å². The molecule has 0 aliphatic rings. The number of fused-ring (bicyclic) bond motifs is 1. The maximum Gasteiger partial charge on any atom is 0.201 e. The molecule has 1 heterocycles. The first-order valence-electron chi connectivity index (χ1n) is 10.4. The molecule has 0 saturated carbocycles. The first-order valence-corrected chi connectivity index (χ1v) is 11.9. The molecule has 0 radical (unpaired) electrons. The van der Waals surface area contributed by atoms with E-state index in [2.05, 4.69) is 14.7 Å². The molecule has 0 bridgehead atoms. The van der Waals surface area contributed by atoms with Crippen molar-refractivity contribution in [3.8, 4) is 11.3 Å². The van der Waals surface area contributed by atoms with Crippen LogP contribution >= 0.6 is 11.6 Å². The quantitative estimate of drug-likeness (QED) is 0.153. The molecule has 0 saturated heterocycles. The highest BCUT2D eigenvalue weighted by atomic mass is 35.5. The van der Waals surface area contributed by atoms with Crippen LogP contribution in [-0.4, -0.2) is 30.7 Å². The third-order valence-corrected chi connectivity index (χ3v) is 6.00. The number of nitrogens with one attached hydrogen (secondary N) is 1. The van der Waals surface area contributed by atoms with Crippen LogP contribution in [0, 0.1) is 17.5 Å². The molecule has 11 heteroatoms. The lowest BCUT2D eigenvalue weighted by atomic mass is 9.97. The second kappa shape index (κ2) is 10.5. The average Bonchev–Trinajstić information content (AvgIpc) is 2.84. The zero-order valence-electron chi connectivity index (χ0n) is 17.9. The Balaban J connectivity index is 1.69. The van der Waals surface area contributed by atoms with E-state index in [9.17, 15) is 22.0 Å². The van der Waals surface area contributed by atoms with E-state index in [1.807, 2.05) is 0 Å². The normalized spacial score (nSPS) is 11.3. The summed E-state index contributed by atoms with van der Waals surface area (Å²) in [7, 11) is -2.83. The number of aryl methyl sites for hydroxylation is 1. The Labute approximate surface area is 204 Å². The van der Waals surface area contributed by atoms with Gasteiger partial charge in [-0.3, -0.25) is 9.78 Å². The lowest BCUT2D eigenvalue weighted by Gasteiger charge is -2.11. The predicted octanol–water partition coefficient (Wildman–Crippen LogP) is 4.65. The Morgan fingerprint density at radius 2 is 1.71 bits per heavy atom. The summed E-state index contributed by atoms with van der Waals surface area (Å²) >= 11 is 5.91. The number of thiol groups is 1. The summed E-state index contributed by atoms with van der Waals surface area (Å²) in [6.07, 6.45) is 1.56. The predicted molar refractivity (Wildman–Crippen MR) is 126 cm³/mol. The molecule has 0 fully saturated rings. The Morgan fingerprint density at radius 3 is 2.43 bits per heavy atom. The van der Waals surface area contributed by atoms with Gasteiger partial charge in [0.2, 0.25) is 10.9 Å². The molecule has 0 spiro atoms. The second-order valence-electron chi connectivity index (χ2n) is 7.58. The van der Waals surface area contributed by atoms with E-state index in [1.165, 1.54) is 18.2 Å². The van der Waals surface area contributed by atoms with Gasteiger partial charge in [-0.1, -0.05) is 23.7 Å². The Hall–Kier alpha value is -3.34. The zero-order chi connectivity index (χ0) is 25.1. The summed E-state index contributed by atoms with van der Waals surface area (Å²) in [5.41, 5.74) is 0.619. The summed E-state index contributed by atoms with van der Waals surface area (Å²) in [6.45, 7) is -0.0142. The van der Waals surface area contributed by atoms with E-state index in [0.717, 1.165) is 5.56 Å². The van der Waals surface area contributed by atoms with E-state index >= 15 is 4.39 Å². The van der Waals surface area contributed by atoms with Crippen molar-refractivity contribution in [3.63, 3.8) is 0 Å². The molecule has 180 valence electrons. The Kier molecular flexibility index (Phi) is 7.44. The molecule has 0 unspecified atom stereocenters. The molecule has 1 N–H and O–H groups in total. The summed E-state index contributed by atoms with van der Waals surface area (Å²) in [4.78, 5) is 21.8. The first kappa shape index (κ1) is 24.8. The Bertz CT molecular complexity index is 1500. The third-order valence-electron chi connectivity index (χ3n) is 5.27. The molecule has 3 aromatic carbocycles. The van der Waals surface area contributed by atoms with Crippen molar-refractivity contribution in [1.82, 2.24) is 14.7 Å². The molecule has 35 heavy (non-hydrogen) atoms. The molecule has 0 atom stereocenters. The van der Waals surface area contributed by atoms with E-state index in [0.29, 0.717) is 27.8 Å². The summed E-state index contributed by atoms with van der Waals surface area (Å²) in [6, 6.07) is 11.7. The van der Waals surface area contributed by atoms with Crippen LogP contribution in [0.3, 0.4) is 0 Å². The smallest absolute Gasteiger partial charge is 0.201 e. The van der Waals surface area contributed by atoms with Gasteiger partial charge in [0.15, 0.2) is 17.4 Å². The van der Waals surface area contributed by atoms with Gasteiger partial charge in [0.1, 0.15) is 5.82 Å².